The first-order valence-corrected chi connectivity index (χ1v) is 4.87. The number of nitrogen functional groups attached to an aromatic ring is 1. The van der Waals surface area contributed by atoms with Crippen LogP contribution in [-0.2, 0) is 0 Å². The summed E-state index contributed by atoms with van der Waals surface area (Å²) in [5.74, 6) is -0.0829. The molecule has 0 bridgehead atoms. The third kappa shape index (κ3) is 2.08. The van der Waals surface area contributed by atoms with E-state index in [9.17, 15) is 15.0 Å². The van der Waals surface area contributed by atoms with Gasteiger partial charge in [0.1, 0.15) is 6.10 Å². The molecule has 0 spiro atoms. The maximum atomic E-state index is 11.4. The molecule has 8 heteroatoms. The van der Waals surface area contributed by atoms with Crippen molar-refractivity contribution in [2.75, 3.05) is 5.73 Å². The summed E-state index contributed by atoms with van der Waals surface area (Å²) >= 11 is 0. The van der Waals surface area contributed by atoms with Gasteiger partial charge in [-0.2, -0.15) is 4.98 Å². The second kappa shape index (κ2) is 4.07. The molecule has 0 saturated heterocycles. The summed E-state index contributed by atoms with van der Waals surface area (Å²) < 4.78 is 0. The minimum atomic E-state index is -1.19. The van der Waals surface area contributed by atoms with Gasteiger partial charge in [0.15, 0.2) is 11.2 Å². The standard InChI is InChI=1S/C9H11N5O3/c1-3(15)6(16)4-2-11-5-7(12-4)13-9(10)14-8(5)17/h2-3,6,15-16H,1H3,(H3,10,12,13,14,17). The molecule has 2 rings (SSSR count). The predicted molar refractivity (Wildman–Crippen MR) is 59.0 cm³/mol. The highest BCUT2D eigenvalue weighted by atomic mass is 16.3. The van der Waals surface area contributed by atoms with E-state index in [1.807, 2.05) is 0 Å². The normalized spacial score (nSPS) is 14.8. The van der Waals surface area contributed by atoms with Crippen LogP contribution in [0.4, 0.5) is 5.95 Å². The van der Waals surface area contributed by atoms with Crippen LogP contribution < -0.4 is 11.3 Å². The second-order valence-corrected chi connectivity index (χ2v) is 3.60. The minimum Gasteiger partial charge on any atom is -0.390 e. The topological polar surface area (TPSA) is 138 Å². The van der Waals surface area contributed by atoms with Gasteiger partial charge in [0.05, 0.1) is 18.0 Å². The number of aliphatic hydroxyl groups is 2. The summed E-state index contributed by atoms with van der Waals surface area (Å²) in [6, 6.07) is 0. The molecule has 2 aromatic heterocycles. The highest BCUT2D eigenvalue weighted by molar-refractivity contribution is 5.69. The van der Waals surface area contributed by atoms with Gasteiger partial charge in [0.2, 0.25) is 5.95 Å². The number of anilines is 1. The number of H-pyrrole nitrogens is 1. The van der Waals surface area contributed by atoms with Crippen LogP contribution in [-0.4, -0.2) is 36.3 Å². The smallest absolute Gasteiger partial charge is 0.280 e. The summed E-state index contributed by atoms with van der Waals surface area (Å²) in [6.45, 7) is 1.41. The molecule has 90 valence electrons. The van der Waals surface area contributed by atoms with Gasteiger partial charge in [-0.3, -0.25) is 9.78 Å². The lowest BCUT2D eigenvalue weighted by Gasteiger charge is -2.12. The molecule has 8 nitrogen and oxygen atoms in total. The summed E-state index contributed by atoms with van der Waals surface area (Å²) in [5.41, 5.74) is 5.05. The van der Waals surface area contributed by atoms with Crippen molar-refractivity contribution in [1.29, 1.82) is 0 Å². The molecular weight excluding hydrogens is 226 g/mol. The van der Waals surface area contributed by atoms with Gasteiger partial charge in [-0.05, 0) is 6.92 Å². The van der Waals surface area contributed by atoms with Gasteiger partial charge in [0.25, 0.3) is 5.56 Å². The Morgan fingerprint density at radius 2 is 2.12 bits per heavy atom. The number of hydrogen-bond donors (Lipinski definition) is 4. The summed E-state index contributed by atoms with van der Waals surface area (Å²) in [6.07, 6.45) is -0.970. The average molecular weight is 237 g/mol. The van der Waals surface area contributed by atoms with Crippen molar-refractivity contribution in [1.82, 2.24) is 19.9 Å². The molecule has 0 amide bonds. The van der Waals surface area contributed by atoms with Crippen LogP contribution in [0.2, 0.25) is 0 Å². The largest absolute Gasteiger partial charge is 0.390 e. The molecule has 2 aromatic rings. The number of aromatic amines is 1. The molecule has 0 aliphatic carbocycles. The first-order valence-electron chi connectivity index (χ1n) is 4.87. The van der Waals surface area contributed by atoms with Crippen LogP contribution in [0.1, 0.15) is 18.7 Å². The molecular formula is C9H11N5O3. The molecule has 2 heterocycles. The Kier molecular flexibility index (Phi) is 2.74. The Morgan fingerprint density at radius 1 is 1.41 bits per heavy atom. The molecule has 17 heavy (non-hydrogen) atoms. The number of aromatic nitrogens is 4. The zero-order valence-corrected chi connectivity index (χ0v) is 8.95. The Labute approximate surface area is 95.2 Å². The Morgan fingerprint density at radius 3 is 2.76 bits per heavy atom. The van der Waals surface area contributed by atoms with Crippen molar-refractivity contribution in [3.8, 4) is 0 Å². The lowest BCUT2D eigenvalue weighted by Crippen LogP contribution is -2.18. The van der Waals surface area contributed by atoms with Crippen LogP contribution in [0.5, 0.6) is 0 Å². The fourth-order valence-corrected chi connectivity index (χ4v) is 1.34. The maximum absolute atomic E-state index is 11.4. The second-order valence-electron chi connectivity index (χ2n) is 3.60. The van der Waals surface area contributed by atoms with Crippen LogP contribution in [0.25, 0.3) is 11.2 Å². The number of aliphatic hydroxyl groups excluding tert-OH is 2. The average Bonchev–Trinajstić information content (AvgIpc) is 2.26. The third-order valence-corrected chi connectivity index (χ3v) is 2.22. The highest BCUT2D eigenvalue weighted by Gasteiger charge is 2.17. The van der Waals surface area contributed by atoms with Gasteiger partial charge >= 0.3 is 0 Å². The zero-order chi connectivity index (χ0) is 12.6. The van der Waals surface area contributed by atoms with E-state index < -0.39 is 17.8 Å². The van der Waals surface area contributed by atoms with Gasteiger partial charge in [-0.25, -0.2) is 9.97 Å². The van der Waals surface area contributed by atoms with Crippen molar-refractivity contribution in [3.63, 3.8) is 0 Å². The fraction of sp³-hybridized carbons (Fsp3) is 0.333. The Balaban J connectivity index is 2.62. The molecule has 0 saturated carbocycles. The number of fused-ring (bicyclic) bond motifs is 1. The number of nitrogens with one attached hydrogen (secondary N) is 1. The highest BCUT2D eigenvalue weighted by Crippen LogP contribution is 2.14. The third-order valence-electron chi connectivity index (χ3n) is 2.22. The van der Waals surface area contributed by atoms with Gasteiger partial charge in [-0.1, -0.05) is 0 Å². The van der Waals surface area contributed by atoms with E-state index in [0.29, 0.717) is 0 Å². The van der Waals surface area contributed by atoms with E-state index in [1.54, 1.807) is 0 Å². The Bertz CT molecular complexity index is 609. The summed E-state index contributed by atoms with van der Waals surface area (Å²) in [4.78, 5) is 25.3. The molecule has 5 N–H and O–H groups in total. The van der Waals surface area contributed by atoms with Crippen LogP contribution in [0, 0.1) is 0 Å². The molecule has 0 aromatic carbocycles. The lowest BCUT2D eigenvalue weighted by molar-refractivity contribution is 0.0278. The van der Waals surface area contributed by atoms with E-state index in [-0.39, 0.29) is 22.8 Å². The predicted octanol–water partition coefficient (Wildman–Crippen LogP) is -1.29. The first kappa shape index (κ1) is 11.4. The SMILES string of the molecule is CC(O)C(O)c1cnc2c(=O)[nH]c(N)nc2n1. The van der Waals surface area contributed by atoms with E-state index in [1.165, 1.54) is 13.1 Å². The van der Waals surface area contributed by atoms with E-state index in [0.717, 1.165) is 0 Å². The number of nitrogens with two attached hydrogens (primary N) is 1. The van der Waals surface area contributed by atoms with E-state index in [2.05, 4.69) is 19.9 Å². The van der Waals surface area contributed by atoms with Crippen molar-refractivity contribution >= 4 is 17.1 Å². The van der Waals surface area contributed by atoms with Crippen molar-refractivity contribution in [2.45, 2.75) is 19.1 Å². The molecule has 0 aliphatic heterocycles. The lowest BCUT2D eigenvalue weighted by atomic mass is 10.2. The first-order chi connectivity index (χ1) is 7.99. The monoisotopic (exact) mass is 237 g/mol. The van der Waals surface area contributed by atoms with Gasteiger partial charge in [-0.15, -0.1) is 0 Å². The number of nitrogens with zero attached hydrogens (tertiary/aromatic N) is 3. The van der Waals surface area contributed by atoms with E-state index in [4.69, 9.17) is 5.73 Å². The van der Waals surface area contributed by atoms with Crippen LogP contribution in [0.3, 0.4) is 0 Å². The molecule has 2 atom stereocenters. The van der Waals surface area contributed by atoms with Gasteiger partial charge in [0, 0.05) is 0 Å². The molecule has 0 fully saturated rings. The number of hydrogen-bond acceptors (Lipinski definition) is 7. The fourth-order valence-electron chi connectivity index (χ4n) is 1.34. The van der Waals surface area contributed by atoms with Crippen molar-refractivity contribution < 1.29 is 10.2 Å². The summed E-state index contributed by atoms with van der Waals surface area (Å²) in [5, 5.41) is 18.8. The molecule has 2 unspecified atom stereocenters. The number of rotatable bonds is 2. The molecule has 0 aliphatic rings. The van der Waals surface area contributed by atoms with Crippen LogP contribution in [0.15, 0.2) is 11.0 Å². The zero-order valence-electron chi connectivity index (χ0n) is 8.95. The van der Waals surface area contributed by atoms with Gasteiger partial charge < -0.3 is 15.9 Å². The molecule has 0 radical (unpaired) electrons. The Hall–Kier alpha value is -2.06. The minimum absolute atomic E-state index is 0.0285. The van der Waals surface area contributed by atoms with Crippen LogP contribution >= 0.6 is 0 Å². The van der Waals surface area contributed by atoms with E-state index >= 15 is 0 Å². The van der Waals surface area contributed by atoms with Crippen molar-refractivity contribution in [2.24, 2.45) is 0 Å². The quantitative estimate of drug-likeness (QED) is 0.509. The maximum Gasteiger partial charge on any atom is 0.280 e. The summed E-state index contributed by atoms with van der Waals surface area (Å²) in [7, 11) is 0. The van der Waals surface area contributed by atoms with Crippen molar-refractivity contribution in [3.05, 3.63) is 22.2 Å².